The molecule has 1 heteroatoms. The lowest BCUT2D eigenvalue weighted by atomic mass is 9.83. The van der Waals surface area contributed by atoms with Crippen molar-refractivity contribution in [2.75, 3.05) is 0 Å². The number of rotatable bonds is 2. The maximum atomic E-state index is 13.2. The van der Waals surface area contributed by atoms with Crippen LogP contribution in [-0.2, 0) is 4.79 Å². The maximum absolute atomic E-state index is 13.2. The van der Waals surface area contributed by atoms with Gasteiger partial charge in [-0.05, 0) is 64.2 Å². The zero-order chi connectivity index (χ0) is 18.3. The molecule has 1 nitrogen and oxygen atoms in total. The average Bonchev–Trinajstić information content (AvgIpc) is 2.62. The molecule has 2 rings (SSSR count). The molecule has 0 aromatic carbocycles. The topological polar surface area (TPSA) is 17.1 Å². The van der Waals surface area contributed by atoms with E-state index in [1.807, 2.05) is 0 Å². The third-order valence-corrected chi connectivity index (χ3v) is 5.11. The van der Waals surface area contributed by atoms with E-state index in [2.05, 4.69) is 72.9 Å². The molecular weight excluding hydrogens is 316 g/mol. The van der Waals surface area contributed by atoms with Crippen LogP contribution in [0.2, 0.25) is 0 Å². The maximum Gasteiger partial charge on any atom is 0.139 e. The van der Waals surface area contributed by atoms with Crippen LogP contribution in [0.3, 0.4) is 0 Å². The molecule has 2 unspecified atom stereocenters. The van der Waals surface area contributed by atoms with Crippen molar-refractivity contribution in [3.8, 4) is 0 Å². The summed E-state index contributed by atoms with van der Waals surface area (Å²) in [6.45, 7) is 0. The molecule has 0 heterocycles. The number of hydrogen-bond donors (Lipinski definition) is 0. The smallest absolute Gasteiger partial charge is 0.139 e. The van der Waals surface area contributed by atoms with Crippen LogP contribution in [0.1, 0.15) is 64.2 Å². The Morgan fingerprint density at radius 2 is 0.885 bits per heavy atom. The number of hydrogen-bond acceptors (Lipinski definition) is 1. The highest BCUT2D eigenvalue weighted by Crippen LogP contribution is 2.25. The second-order valence-electron chi connectivity index (χ2n) is 7.23. The molecule has 0 spiro atoms. The fourth-order valence-electron chi connectivity index (χ4n) is 3.53. The van der Waals surface area contributed by atoms with Crippen LogP contribution >= 0.6 is 0 Å². The van der Waals surface area contributed by atoms with Crippen LogP contribution in [0.5, 0.6) is 0 Å². The van der Waals surface area contributed by atoms with E-state index in [-0.39, 0.29) is 11.8 Å². The summed E-state index contributed by atoms with van der Waals surface area (Å²) in [6, 6.07) is 0. The molecule has 0 aromatic rings. The van der Waals surface area contributed by atoms with Crippen LogP contribution in [0.15, 0.2) is 72.9 Å². The summed E-state index contributed by atoms with van der Waals surface area (Å²) < 4.78 is 0. The van der Waals surface area contributed by atoms with Crippen LogP contribution < -0.4 is 0 Å². The first-order chi connectivity index (χ1) is 12.9. The van der Waals surface area contributed by atoms with E-state index in [0.29, 0.717) is 5.78 Å². The number of ketones is 1. The first-order valence-corrected chi connectivity index (χ1v) is 10.3. The molecule has 0 saturated heterocycles. The summed E-state index contributed by atoms with van der Waals surface area (Å²) in [5.74, 6) is 0.757. The standard InChI is InChI=1S/C25H34O/c26-25(23-19-15-11-7-3-1-4-8-12-16-20-23)24-21-17-13-9-5-2-6-10-14-18-22-24/h3,5,7-15,17,23-24H,1-2,4,6,16,18-22H2/b7-3+,9-5+,12-8+,14-10+,15-11+,17-13+. The molecule has 140 valence electrons. The van der Waals surface area contributed by atoms with Crippen molar-refractivity contribution in [3.63, 3.8) is 0 Å². The van der Waals surface area contributed by atoms with Crippen LogP contribution in [0.25, 0.3) is 0 Å². The summed E-state index contributed by atoms with van der Waals surface area (Å²) in [5, 5.41) is 0. The lowest BCUT2D eigenvalue weighted by molar-refractivity contribution is -0.127. The third-order valence-electron chi connectivity index (χ3n) is 5.11. The first-order valence-electron chi connectivity index (χ1n) is 10.3. The number of carbonyl (C=O) groups is 1. The third kappa shape index (κ3) is 8.47. The van der Waals surface area contributed by atoms with E-state index in [9.17, 15) is 4.79 Å². The Morgan fingerprint density at radius 3 is 1.38 bits per heavy atom. The van der Waals surface area contributed by atoms with Crippen molar-refractivity contribution < 1.29 is 4.79 Å². The van der Waals surface area contributed by atoms with E-state index < -0.39 is 0 Å². The molecular formula is C25H34O. The predicted molar refractivity (Wildman–Crippen MR) is 113 cm³/mol. The van der Waals surface area contributed by atoms with Crippen molar-refractivity contribution in [3.05, 3.63) is 72.9 Å². The Balaban J connectivity index is 2.04. The SMILES string of the molecule is O=C(C1C/C=C/C=C/CC/C=C/CC1)C1C/C=C/C=C/CC/C=C/CC1. The van der Waals surface area contributed by atoms with Crippen molar-refractivity contribution >= 4 is 5.78 Å². The van der Waals surface area contributed by atoms with Crippen molar-refractivity contribution in [1.82, 2.24) is 0 Å². The van der Waals surface area contributed by atoms with E-state index in [4.69, 9.17) is 0 Å². The largest absolute Gasteiger partial charge is 0.299 e. The predicted octanol–water partition coefficient (Wildman–Crippen LogP) is 7.05. The first kappa shape index (κ1) is 20.4. The molecule has 0 fully saturated rings. The molecule has 0 saturated carbocycles. The minimum atomic E-state index is 0.148. The van der Waals surface area contributed by atoms with Crippen LogP contribution in [-0.4, -0.2) is 5.78 Å². The Labute approximate surface area is 160 Å². The Morgan fingerprint density at radius 1 is 0.500 bits per heavy atom. The highest BCUT2D eigenvalue weighted by atomic mass is 16.1. The molecule has 0 N–H and O–H groups in total. The van der Waals surface area contributed by atoms with Crippen molar-refractivity contribution in [1.29, 1.82) is 0 Å². The minimum absolute atomic E-state index is 0.148. The molecule has 0 amide bonds. The molecule has 0 aliphatic heterocycles. The monoisotopic (exact) mass is 350 g/mol. The van der Waals surface area contributed by atoms with Gasteiger partial charge in [0.05, 0.1) is 0 Å². The van der Waals surface area contributed by atoms with Gasteiger partial charge in [0.25, 0.3) is 0 Å². The van der Waals surface area contributed by atoms with E-state index in [0.717, 1.165) is 64.2 Å². The van der Waals surface area contributed by atoms with Crippen LogP contribution in [0, 0.1) is 11.8 Å². The minimum Gasteiger partial charge on any atom is -0.299 e. The van der Waals surface area contributed by atoms with Crippen molar-refractivity contribution in [2.24, 2.45) is 11.8 Å². The van der Waals surface area contributed by atoms with Gasteiger partial charge in [-0.25, -0.2) is 0 Å². The van der Waals surface area contributed by atoms with Gasteiger partial charge in [0.15, 0.2) is 0 Å². The fourth-order valence-corrected chi connectivity index (χ4v) is 3.53. The number of allylic oxidation sites excluding steroid dienone is 12. The quantitative estimate of drug-likeness (QED) is 0.487. The Hall–Kier alpha value is -1.89. The van der Waals surface area contributed by atoms with Gasteiger partial charge in [-0.2, -0.15) is 0 Å². The van der Waals surface area contributed by atoms with Gasteiger partial charge in [0.1, 0.15) is 5.78 Å². The van der Waals surface area contributed by atoms with Crippen molar-refractivity contribution in [2.45, 2.75) is 64.2 Å². The fraction of sp³-hybridized carbons (Fsp3) is 0.480. The normalized spacial score (nSPS) is 33.1. The lowest BCUT2D eigenvalue weighted by Crippen LogP contribution is -2.23. The van der Waals surface area contributed by atoms with Gasteiger partial charge in [-0.15, -0.1) is 0 Å². The second-order valence-corrected chi connectivity index (χ2v) is 7.23. The van der Waals surface area contributed by atoms with Crippen LogP contribution in [0.4, 0.5) is 0 Å². The summed E-state index contributed by atoms with van der Waals surface area (Å²) in [7, 11) is 0. The van der Waals surface area contributed by atoms with Gasteiger partial charge >= 0.3 is 0 Å². The highest BCUT2D eigenvalue weighted by Gasteiger charge is 2.24. The molecule has 0 bridgehead atoms. The molecule has 2 atom stereocenters. The van der Waals surface area contributed by atoms with Gasteiger partial charge in [-0.1, -0.05) is 72.9 Å². The van der Waals surface area contributed by atoms with E-state index in [1.165, 1.54) is 0 Å². The summed E-state index contributed by atoms with van der Waals surface area (Å²) in [4.78, 5) is 13.2. The average molecular weight is 351 g/mol. The Bertz CT molecular complexity index is 521. The van der Waals surface area contributed by atoms with Gasteiger partial charge in [0, 0.05) is 11.8 Å². The number of carbonyl (C=O) groups excluding carboxylic acids is 1. The molecule has 2 aliphatic rings. The zero-order valence-electron chi connectivity index (χ0n) is 16.1. The lowest BCUT2D eigenvalue weighted by Gasteiger charge is -2.20. The molecule has 0 radical (unpaired) electrons. The van der Waals surface area contributed by atoms with Gasteiger partial charge < -0.3 is 0 Å². The molecule has 2 aliphatic carbocycles. The second kappa shape index (κ2) is 13.3. The summed E-state index contributed by atoms with van der Waals surface area (Å²) in [6.07, 6.45) is 36.3. The van der Waals surface area contributed by atoms with Gasteiger partial charge in [0.2, 0.25) is 0 Å². The summed E-state index contributed by atoms with van der Waals surface area (Å²) in [5.41, 5.74) is 0. The highest BCUT2D eigenvalue weighted by molar-refractivity contribution is 5.83. The Kier molecular flexibility index (Phi) is 10.5. The van der Waals surface area contributed by atoms with Gasteiger partial charge in [-0.3, -0.25) is 4.79 Å². The van der Waals surface area contributed by atoms with E-state index in [1.54, 1.807) is 0 Å². The molecule has 26 heavy (non-hydrogen) atoms. The molecule has 0 aromatic heterocycles. The summed E-state index contributed by atoms with van der Waals surface area (Å²) >= 11 is 0. The zero-order valence-corrected chi connectivity index (χ0v) is 16.1. The van der Waals surface area contributed by atoms with E-state index >= 15 is 0 Å². The number of Topliss-reactive ketones (excluding diaryl/α,β-unsaturated/α-hetero) is 1.